The quantitative estimate of drug-likeness (QED) is 0.0401. The molecule has 0 radical (unpaired) electrons. The second-order valence-electron chi connectivity index (χ2n) is 20.4. The predicted molar refractivity (Wildman–Crippen MR) is 367 cm³/mol. The van der Waals surface area contributed by atoms with Crippen LogP contribution >= 0.6 is 58.0 Å². The highest BCUT2D eigenvalue weighted by molar-refractivity contribution is 6.32. The third kappa shape index (κ3) is 18.1. The zero-order chi connectivity index (χ0) is 74.0. The van der Waals surface area contributed by atoms with E-state index in [9.17, 15) is 49.2 Å². The van der Waals surface area contributed by atoms with Gasteiger partial charge in [0.15, 0.2) is 69.0 Å². The minimum atomic E-state index is -1.34. The van der Waals surface area contributed by atoms with Crippen LogP contribution in [0.1, 0.15) is 84.4 Å². The highest BCUT2D eigenvalue weighted by Gasteiger charge is 2.49. The van der Waals surface area contributed by atoms with Gasteiger partial charge in [-0.3, -0.25) is 0 Å². The maximum atomic E-state index is 12.2. The molecule has 10 aromatic carbocycles. The molecule has 2 aliphatic rings. The Morgan fingerprint density at radius 3 is 1.00 bits per heavy atom. The van der Waals surface area contributed by atoms with Crippen molar-refractivity contribution in [2.45, 2.75) is 11.6 Å². The Balaban J connectivity index is 0.000000177. The van der Waals surface area contributed by atoms with Crippen molar-refractivity contribution in [2.75, 3.05) is 28.4 Å². The summed E-state index contributed by atoms with van der Waals surface area (Å²) in [5, 5.41) is 91.0. The van der Waals surface area contributed by atoms with Crippen molar-refractivity contribution >= 4 is 93.8 Å². The highest BCUT2D eigenvalue weighted by atomic mass is 35.5. The van der Waals surface area contributed by atoms with Crippen LogP contribution in [0.15, 0.2) is 200 Å². The summed E-state index contributed by atoms with van der Waals surface area (Å²) in [5.74, 6) is -10.2. The Bertz CT molecular complexity index is 4600. The Labute approximate surface area is 598 Å². The number of phenols is 6. The van der Waals surface area contributed by atoms with Gasteiger partial charge in [-0.2, -0.15) is 0 Å². The number of fused-ring (bicyclic) bond motifs is 2. The summed E-state index contributed by atoms with van der Waals surface area (Å²) in [7, 11) is 5.16. The number of hydrogen-bond donors (Lipinski definition) is 10. The average molecular weight is 1480 g/mol. The van der Waals surface area contributed by atoms with Crippen molar-refractivity contribution in [3.8, 4) is 69.0 Å². The highest BCUT2D eigenvalue weighted by Crippen LogP contribution is 2.52. The van der Waals surface area contributed by atoms with Gasteiger partial charge in [0.25, 0.3) is 0 Å². The fourth-order valence-corrected chi connectivity index (χ4v) is 10.4. The van der Waals surface area contributed by atoms with Crippen molar-refractivity contribution in [1.29, 1.82) is 0 Å². The first-order valence-corrected chi connectivity index (χ1v) is 30.5. The van der Waals surface area contributed by atoms with E-state index in [1.54, 1.807) is 12.1 Å². The molecule has 12 rings (SSSR count). The molecule has 522 valence electrons. The van der Waals surface area contributed by atoms with E-state index in [0.717, 1.165) is 46.5 Å². The minimum Gasteiger partial charge on any atom is -0.504 e. The number of ether oxygens (including phenoxy) is 8. The fraction of sp³-hybridized carbons (Fsp3) is 0.0833. The molecule has 101 heavy (non-hydrogen) atoms. The van der Waals surface area contributed by atoms with Crippen LogP contribution in [0.3, 0.4) is 0 Å². The number of phenolic OH excluding ortho intramolecular Hbond substituents is 3. The van der Waals surface area contributed by atoms with Crippen LogP contribution in [0.25, 0.3) is 0 Å². The molecule has 0 unspecified atom stereocenters. The smallest absolute Gasteiger partial charge is 0.341 e. The normalized spacial score (nSPS) is 11.9. The van der Waals surface area contributed by atoms with Crippen LogP contribution in [-0.2, 0) is 21.0 Å². The molecule has 0 aromatic heterocycles. The van der Waals surface area contributed by atoms with Crippen LogP contribution in [0.2, 0.25) is 25.1 Å². The molecular formula is C72H55Cl5O24. The summed E-state index contributed by atoms with van der Waals surface area (Å²) in [6.07, 6.45) is 0. The van der Waals surface area contributed by atoms with Gasteiger partial charge in [0.05, 0.1) is 28.4 Å². The number of para-hydroxylation sites is 1. The number of carboxylic acid groups (broad SMARTS) is 4. The number of methoxy groups -OCH3 is 4. The van der Waals surface area contributed by atoms with Gasteiger partial charge in [-0.25, -0.2) is 28.8 Å². The number of esters is 2. The Hall–Kier alpha value is -11.9. The number of carboxylic acids is 4. The standard InChI is InChI=1S/C21H15ClO4.C20H13ClO4.2C8H7ClO4.C8H8O4.C7H5ClO4/c1-24-20(23)17-12-16(22)13-18-19(17)26-21(25-18,14-8-4-2-5-9-14)15-10-6-3-7-11-15;21-15-11-16(19(22)23)18-17(12-15)24-20(25-18,13-7-3-1-4-8-13)14-9-5-2-6-10-14;1-13-6-3-4(9)2-5(7(6)10)8(11)12;1-13-8(12)5-2-4(9)3-6(10)7(5)11;1-12-6-4-2-3-5(7(6)9)8(10)11;8-3-1-4(7(11)12)6(10)5(9)2-3/h2-13H,1H3;1-12H,(H,22,23);2-3,10H,1H3,(H,11,12);2-3,10-11H,1H3;2-4,9H,1H3,(H,10,11);1-2,9-10H,(H,11,12). The number of halogens is 5. The third-order valence-corrected chi connectivity index (χ3v) is 15.1. The Morgan fingerprint density at radius 2 is 0.624 bits per heavy atom. The van der Waals surface area contributed by atoms with Gasteiger partial charge in [0.2, 0.25) is 0 Å². The first kappa shape index (κ1) is 76.4. The summed E-state index contributed by atoms with van der Waals surface area (Å²) < 4.78 is 43.5. The molecule has 0 aliphatic carbocycles. The molecule has 0 spiro atoms. The lowest BCUT2D eigenvalue weighted by atomic mass is 9.97. The monoisotopic (exact) mass is 1480 g/mol. The molecule has 2 aliphatic heterocycles. The SMILES string of the molecule is COC(=O)c1cc(Cl)cc(O)c1O.COC(=O)c1cc(Cl)cc2c1OC(c1ccccc1)(c1ccccc1)O2.COc1cc(Cl)cc(C(=O)O)c1O.COc1cccc(C(=O)O)c1O.O=C(O)c1cc(Cl)cc(O)c1O.O=C(O)c1cc(Cl)cc2c1OC(c1ccccc1)(c1ccccc1)O2. The van der Waals surface area contributed by atoms with Gasteiger partial charge in [-0.05, 0) is 42.5 Å². The molecule has 2 heterocycles. The first-order valence-electron chi connectivity index (χ1n) is 28.6. The number of hydrogen-bond acceptors (Lipinski definition) is 20. The molecule has 10 aromatic rings. The van der Waals surface area contributed by atoms with Gasteiger partial charge >= 0.3 is 47.4 Å². The molecule has 0 bridgehead atoms. The summed E-state index contributed by atoms with van der Waals surface area (Å²) in [6.45, 7) is 0. The largest absolute Gasteiger partial charge is 0.504 e. The van der Waals surface area contributed by atoms with Gasteiger partial charge in [-0.15, -0.1) is 0 Å². The number of rotatable bonds is 12. The van der Waals surface area contributed by atoms with E-state index in [1.807, 2.05) is 121 Å². The van der Waals surface area contributed by atoms with Gasteiger partial charge in [0.1, 0.15) is 33.4 Å². The van der Waals surface area contributed by atoms with Crippen molar-refractivity contribution in [3.63, 3.8) is 0 Å². The van der Waals surface area contributed by atoms with E-state index in [0.29, 0.717) is 22.3 Å². The maximum Gasteiger partial charge on any atom is 0.341 e. The van der Waals surface area contributed by atoms with Crippen LogP contribution in [0, 0.1) is 0 Å². The predicted octanol–water partition coefficient (Wildman–Crippen LogP) is 15.3. The Kier molecular flexibility index (Phi) is 25.8. The summed E-state index contributed by atoms with van der Waals surface area (Å²) in [4.78, 5) is 66.2. The molecule has 24 nitrogen and oxygen atoms in total. The number of benzene rings is 10. The maximum absolute atomic E-state index is 12.2. The third-order valence-electron chi connectivity index (χ3n) is 14.0. The number of aromatic hydroxyl groups is 6. The summed E-state index contributed by atoms with van der Waals surface area (Å²) in [6, 6.07) is 55.2. The van der Waals surface area contributed by atoms with E-state index in [1.165, 1.54) is 70.9 Å². The van der Waals surface area contributed by atoms with Gasteiger partial charge < -0.3 is 89.0 Å². The number of carbonyl (C=O) groups is 6. The molecule has 0 saturated carbocycles. The van der Waals surface area contributed by atoms with Crippen molar-refractivity contribution < 1.29 is 118 Å². The topological polar surface area (TPSA) is 379 Å². The van der Waals surface area contributed by atoms with Crippen LogP contribution in [0.5, 0.6) is 69.0 Å². The number of carbonyl (C=O) groups excluding carboxylic acids is 2. The average Bonchev–Trinajstić information content (AvgIpc) is 1.61. The van der Waals surface area contributed by atoms with Gasteiger partial charge in [-0.1, -0.05) is 185 Å². The van der Waals surface area contributed by atoms with E-state index in [4.69, 9.17) is 122 Å². The van der Waals surface area contributed by atoms with Crippen LogP contribution < -0.4 is 28.4 Å². The second-order valence-corrected chi connectivity index (χ2v) is 22.6. The molecular weight excluding hydrogens is 1430 g/mol. The second kappa shape index (κ2) is 34.0. The lowest BCUT2D eigenvalue weighted by Crippen LogP contribution is -2.36. The summed E-state index contributed by atoms with van der Waals surface area (Å²) in [5.41, 5.74) is 2.30. The van der Waals surface area contributed by atoms with E-state index in [2.05, 4.69) is 4.74 Å². The van der Waals surface area contributed by atoms with Crippen LogP contribution in [-0.4, -0.2) is 115 Å². The fourth-order valence-electron chi connectivity index (χ4n) is 9.34. The van der Waals surface area contributed by atoms with Crippen molar-refractivity contribution in [3.05, 3.63) is 281 Å². The lowest BCUT2D eigenvalue weighted by Gasteiger charge is -2.28. The molecule has 0 amide bonds. The lowest BCUT2D eigenvalue weighted by molar-refractivity contribution is -0.0465. The summed E-state index contributed by atoms with van der Waals surface area (Å²) >= 11 is 28.8. The van der Waals surface area contributed by atoms with Gasteiger partial charge in [0, 0.05) is 77.7 Å². The van der Waals surface area contributed by atoms with E-state index < -0.39 is 81.7 Å². The first-order chi connectivity index (χ1) is 48.0. The van der Waals surface area contributed by atoms with Crippen molar-refractivity contribution in [2.24, 2.45) is 0 Å². The minimum absolute atomic E-state index is 0.0313. The molecule has 29 heteroatoms. The molecule has 0 atom stereocenters. The van der Waals surface area contributed by atoms with Crippen molar-refractivity contribution in [1.82, 2.24) is 0 Å². The molecule has 10 N–H and O–H groups in total. The van der Waals surface area contributed by atoms with E-state index in [-0.39, 0.29) is 70.9 Å². The number of aromatic carboxylic acids is 4. The molecule has 0 saturated heterocycles. The Morgan fingerprint density at radius 1 is 0.317 bits per heavy atom. The zero-order valence-electron chi connectivity index (χ0n) is 52.6. The molecule has 0 fully saturated rings. The zero-order valence-corrected chi connectivity index (χ0v) is 56.4. The van der Waals surface area contributed by atoms with Crippen LogP contribution in [0.4, 0.5) is 0 Å². The van der Waals surface area contributed by atoms with E-state index >= 15 is 0 Å².